The molecule has 2 heterocycles. The molecule has 1 aliphatic rings. The van der Waals surface area contributed by atoms with Gasteiger partial charge in [-0.1, -0.05) is 6.07 Å². The summed E-state index contributed by atoms with van der Waals surface area (Å²) in [5.41, 5.74) is 2.25. The van der Waals surface area contributed by atoms with Gasteiger partial charge in [-0.05, 0) is 50.1 Å². The molecule has 128 valence electrons. The van der Waals surface area contributed by atoms with Crippen LogP contribution < -0.4 is 14.9 Å². The van der Waals surface area contributed by atoms with Crippen molar-refractivity contribution in [1.82, 2.24) is 5.32 Å². The van der Waals surface area contributed by atoms with E-state index in [1.54, 1.807) is 29.2 Å². The van der Waals surface area contributed by atoms with Gasteiger partial charge in [-0.15, -0.1) is 11.3 Å². The normalized spacial score (nSPS) is 13.7. The van der Waals surface area contributed by atoms with Gasteiger partial charge >= 0.3 is 6.03 Å². The zero-order valence-corrected chi connectivity index (χ0v) is 15.1. The molecule has 0 spiro atoms. The number of anilines is 2. The van der Waals surface area contributed by atoms with Gasteiger partial charge in [-0.25, -0.2) is 13.2 Å². The fraction of sp³-hybridized carbons (Fsp3) is 0.312. The Labute approximate surface area is 145 Å². The van der Waals surface area contributed by atoms with Crippen LogP contribution in [0.25, 0.3) is 0 Å². The molecule has 2 N–H and O–H groups in total. The minimum Gasteiger partial charge on any atom is -0.338 e. The molecular formula is C16H19N3O3S2. The topological polar surface area (TPSA) is 78.5 Å². The van der Waals surface area contributed by atoms with Crippen LogP contribution in [0.3, 0.4) is 0 Å². The first kappa shape index (κ1) is 16.8. The second-order valence-electron chi connectivity index (χ2n) is 5.55. The predicted molar refractivity (Wildman–Crippen MR) is 96.4 cm³/mol. The summed E-state index contributed by atoms with van der Waals surface area (Å²) >= 11 is 1.23. The van der Waals surface area contributed by atoms with E-state index in [1.807, 2.05) is 19.9 Å². The first-order chi connectivity index (χ1) is 11.4. The van der Waals surface area contributed by atoms with Gasteiger partial charge in [0.25, 0.3) is 10.0 Å². The Kier molecular flexibility index (Phi) is 4.51. The van der Waals surface area contributed by atoms with Crippen molar-refractivity contribution >= 4 is 38.8 Å². The number of nitrogens with one attached hydrogen (secondary N) is 2. The monoisotopic (exact) mass is 365 g/mol. The summed E-state index contributed by atoms with van der Waals surface area (Å²) in [6.45, 7) is 4.88. The number of rotatable bonds is 4. The molecule has 3 rings (SSSR count). The lowest BCUT2D eigenvalue weighted by molar-refractivity contribution is 0.247. The van der Waals surface area contributed by atoms with Crippen molar-refractivity contribution in [3.8, 4) is 0 Å². The van der Waals surface area contributed by atoms with Crippen molar-refractivity contribution in [1.29, 1.82) is 0 Å². The van der Waals surface area contributed by atoms with Crippen LogP contribution in [-0.2, 0) is 16.4 Å². The third-order valence-corrected chi connectivity index (χ3v) is 6.66. The largest absolute Gasteiger partial charge is 0.338 e. The number of thiophene rings is 1. The van der Waals surface area contributed by atoms with E-state index in [0.29, 0.717) is 18.8 Å². The van der Waals surface area contributed by atoms with Crippen LogP contribution in [0.15, 0.2) is 34.5 Å². The Morgan fingerprint density at radius 2 is 2.08 bits per heavy atom. The second kappa shape index (κ2) is 6.45. The highest BCUT2D eigenvalue weighted by molar-refractivity contribution is 7.94. The summed E-state index contributed by atoms with van der Waals surface area (Å²) in [5.74, 6) is 0. The van der Waals surface area contributed by atoms with Crippen LogP contribution in [-0.4, -0.2) is 27.5 Å². The second-order valence-corrected chi connectivity index (χ2v) is 8.75. The van der Waals surface area contributed by atoms with Crippen LogP contribution in [0.5, 0.6) is 0 Å². The van der Waals surface area contributed by atoms with Gasteiger partial charge < -0.3 is 5.32 Å². The van der Waals surface area contributed by atoms with E-state index in [-0.39, 0.29) is 10.2 Å². The minimum atomic E-state index is -3.61. The SMILES string of the molecule is CCNC(=O)N1CCc2ccc(NS(=O)(=O)c3ccc(C)s3)cc21. The number of hydrogen-bond donors (Lipinski definition) is 2. The molecule has 0 saturated carbocycles. The molecule has 0 aliphatic carbocycles. The van der Waals surface area contributed by atoms with Crippen LogP contribution in [0.1, 0.15) is 17.4 Å². The molecule has 0 fully saturated rings. The maximum atomic E-state index is 12.4. The van der Waals surface area contributed by atoms with Crippen LogP contribution in [0.2, 0.25) is 0 Å². The van der Waals surface area contributed by atoms with Gasteiger partial charge in [0.2, 0.25) is 0 Å². The van der Waals surface area contributed by atoms with Crippen molar-refractivity contribution in [3.63, 3.8) is 0 Å². The first-order valence-electron chi connectivity index (χ1n) is 7.68. The van der Waals surface area contributed by atoms with E-state index in [0.717, 1.165) is 22.5 Å². The average Bonchev–Trinajstić information content (AvgIpc) is 3.13. The number of sulfonamides is 1. The number of fused-ring (bicyclic) bond motifs is 1. The zero-order valence-electron chi connectivity index (χ0n) is 13.5. The number of carbonyl (C=O) groups is 1. The van der Waals surface area contributed by atoms with E-state index in [9.17, 15) is 13.2 Å². The maximum Gasteiger partial charge on any atom is 0.321 e. The molecule has 1 aliphatic heterocycles. The Bertz CT molecular complexity index is 874. The van der Waals surface area contributed by atoms with E-state index in [4.69, 9.17) is 0 Å². The summed E-state index contributed by atoms with van der Waals surface area (Å²) in [6, 6.07) is 8.53. The average molecular weight is 365 g/mol. The quantitative estimate of drug-likeness (QED) is 0.874. The highest BCUT2D eigenvalue weighted by atomic mass is 32.2. The van der Waals surface area contributed by atoms with Gasteiger partial charge in [0.05, 0.1) is 11.4 Å². The fourth-order valence-corrected chi connectivity index (χ4v) is 5.00. The molecule has 6 nitrogen and oxygen atoms in total. The number of hydrogen-bond acceptors (Lipinski definition) is 4. The lowest BCUT2D eigenvalue weighted by Gasteiger charge is -2.18. The third kappa shape index (κ3) is 3.25. The Balaban J connectivity index is 1.86. The third-order valence-electron chi connectivity index (χ3n) is 3.79. The van der Waals surface area contributed by atoms with E-state index in [2.05, 4.69) is 10.0 Å². The number of benzene rings is 1. The van der Waals surface area contributed by atoms with Crippen LogP contribution in [0.4, 0.5) is 16.2 Å². The van der Waals surface area contributed by atoms with Gasteiger partial charge in [-0.3, -0.25) is 9.62 Å². The number of aryl methyl sites for hydroxylation is 1. The van der Waals surface area contributed by atoms with E-state index < -0.39 is 10.0 Å². The summed E-state index contributed by atoms with van der Waals surface area (Å²) in [7, 11) is -3.61. The van der Waals surface area contributed by atoms with Crippen molar-refractivity contribution < 1.29 is 13.2 Å². The molecule has 0 radical (unpaired) electrons. The number of urea groups is 1. The smallest absolute Gasteiger partial charge is 0.321 e. The van der Waals surface area contributed by atoms with Gasteiger partial charge in [0.15, 0.2) is 0 Å². The molecule has 0 saturated heterocycles. The van der Waals surface area contributed by atoms with Gasteiger partial charge in [-0.2, -0.15) is 0 Å². The molecule has 1 aromatic carbocycles. The molecule has 0 unspecified atom stereocenters. The lowest BCUT2D eigenvalue weighted by atomic mass is 10.1. The van der Waals surface area contributed by atoms with Crippen molar-refractivity contribution in [2.45, 2.75) is 24.5 Å². The number of carbonyl (C=O) groups excluding carboxylic acids is 1. The molecule has 8 heteroatoms. The number of amides is 2. The van der Waals surface area contributed by atoms with Crippen molar-refractivity contribution in [2.75, 3.05) is 22.7 Å². The predicted octanol–water partition coefficient (Wildman–Crippen LogP) is 2.95. The van der Waals surface area contributed by atoms with Crippen molar-refractivity contribution in [3.05, 3.63) is 40.8 Å². The van der Waals surface area contributed by atoms with Gasteiger partial charge in [0, 0.05) is 18.0 Å². The molecule has 1 aromatic heterocycles. The molecular weight excluding hydrogens is 346 g/mol. The molecule has 24 heavy (non-hydrogen) atoms. The molecule has 2 amide bonds. The van der Waals surface area contributed by atoms with Crippen LogP contribution in [0, 0.1) is 6.92 Å². The fourth-order valence-electron chi connectivity index (χ4n) is 2.66. The summed E-state index contributed by atoms with van der Waals surface area (Å²) < 4.78 is 27.8. The van der Waals surface area contributed by atoms with Crippen molar-refractivity contribution in [2.24, 2.45) is 0 Å². The minimum absolute atomic E-state index is 0.162. The Morgan fingerprint density at radius 1 is 1.29 bits per heavy atom. The Morgan fingerprint density at radius 3 is 2.75 bits per heavy atom. The molecule has 0 bridgehead atoms. The lowest BCUT2D eigenvalue weighted by Crippen LogP contribution is -2.38. The highest BCUT2D eigenvalue weighted by Gasteiger charge is 2.25. The van der Waals surface area contributed by atoms with E-state index >= 15 is 0 Å². The van der Waals surface area contributed by atoms with E-state index in [1.165, 1.54) is 11.3 Å². The highest BCUT2D eigenvalue weighted by Crippen LogP contribution is 2.32. The Hall–Kier alpha value is -2.06. The summed E-state index contributed by atoms with van der Waals surface area (Å²) in [4.78, 5) is 14.7. The summed E-state index contributed by atoms with van der Waals surface area (Å²) in [6.07, 6.45) is 0.767. The molecule has 0 atom stereocenters. The van der Waals surface area contributed by atoms with Gasteiger partial charge in [0.1, 0.15) is 4.21 Å². The number of nitrogens with zero attached hydrogens (tertiary/aromatic N) is 1. The van der Waals surface area contributed by atoms with Crippen LogP contribution >= 0.6 is 11.3 Å². The first-order valence-corrected chi connectivity index (χ1v) is 9.98. The zero-order chi connectivity index (χ0) is 17.3. The standard InChI is InChI=1S/C16H19N3O3S2/c1-3-17-16(20)19-9-8-12-5-6-13(10-14(12)19)18-24(21,22)15-7-4-11(2)23-15/h4-7,10,18H,3,8-9H2,1-2H3,(H,17,20). The maximum absolute atomic E-state index is 12.4. The molecule has 2 aromatic rings. The summed E-state index contributed by atoms with van der Waals surface area (Å²) in [5, 5.41) is 2.77.